The van der Waals surface area contributed by atoms with Crippen molar-refractivity contribution in [2.45, 2.75) is 6.92 Å². The molecule has 20 heavy (non-hydrogen) atoms. The molecule has 98 valence electrons. The average Bonchev–Trinajstić information content (AvgIpc) is 2.49. The minimum absolute atomic E-state index is 0.223. The monoisotopic (exact) mass is 263 g/mol. The van der Waals surface area contributed by atoms with Crippen molar-refractivity contribution in [3.05, 3.63) is 66.1 Å². The van der Waals surface area contributed by atoms with Crippen LogP contribution in [0.1, 0.15) is 16.1 Å². The minimum atomic E-state index is -0.223. The Balaban J connectivity index is 1.99. The molecular formula is C16H13N3O. The molecule has 2 heterocycles. The molecule has 0 spiro atoms. The van der Waals surface area contributed by atoms with Gasteiger partial charge in [-0.2, -0.15) is 0 Å². The van der Waals surface area contributed by atoms with Crippen LogP contribution in [-0.4, -0.2) is 15.9 Å². The number of carbonyl (C=O) groups excluding carboxylic acids is 1. The molecule has 1 amide bonds. The van der Waals surface area contributed by atoms with Gasteiger partial charge in [-0.3, -0.25) is 14.8 Å². The van der Waals surface area contributed by atoms with Crippen LogP contribution in [0, 0.1) is 6.92 Å². The van der Waals surface area contributed by atoms with Crippen LogP contribution in [0.4, 0.5) is 5.69 Å². The average molecular weight is 263 g/mol. The predicted octanol–water partition coefficient (Wildman–Crippen LogP) is 3.19. The Kier molecular flexibility index (Phi) is 3.13. The smallest absolute Gasteiger partial charge is 0.274 e. The lowest BCUT2D eigenvalue weighted by molar-refractivity contribution is 0.102. The van der Waals surface area contributed by atoms with E-state index in [9.17, 15) is 4.79 Å². The van der Waals surface area contributed by atoms with Gasteiger partial charge in [-0.25, -0.2) is 0 Å². The molecule has 4 heteroatoms. The van der Waals surface area contributed by atoms with E-state index in [-0.39, 0.29) is 5.91 Å². The Morgan fingerprint density at radius 3 is 2.75 bits per heavy atom. The van der Waals surface area contributed by atoms with E-state index in [1.54, 1.807) is 36.7 Å². The molecule has 0 fully saturated rings. The number of benzene rings is 1. The number of pyridine rings is 2. The molecule has 3 rings (SSSR count). The summed E-state index contributed by atoms with van der Waals surface area (Å²) in [7, 11) is 0. The molecule has 0 saturated heterocycles. The number of aromatic nitrogens is 2. The minimum Gasteiger partial charge on any atom is -0.320 e. The normalized spacial score (nSPS) is 10.4. The Labute approximate surface area is 116 Å². The van der Waals surface area contributed by atoms with Crippen LogP contribution < -0.4 is 5.32 Å². The van der Waals surface area contributed by atoms with Gasteiger partial charge in [0.05, 0.1) is 11.2 Å². The molecule has 0 aliphatic heterocycles. The summed E-state index contributed by atoms with van der Waals surface area (Å²) >= 11 is 0. The Hall–Kier alpha value is -2.75. The second-order valence-electron chi connectivity index (χ2n) is 4.55. The van der Waals surface area contributed by atoms with Crippen LogP contribution in [0.15, 0.2) is 54.9 Å². The molecule has 0 aliphatic carbocycles. The van der Waals surface area contributed by atoms with Crippen molar-refractivity contribution in [3.63, 3.8) is 0 Å². The molecular weight excluding hydrogens is 250 g/mol. The number of nitrogens with zero attached hydrogens (tertiary/aromatic N) is 2. The van der Waals surface area contributed by atoms with Gasteiger partial charge in [0, 0.05) is 17.8 Å². The van der Waals surface area contributed by atoms with Gasteiger partial charge < -0.3 is 5.32 Å². The van der Waals surface area contributed by atoms with Crippen LogP contribution in [0.5, 0.6) is 0 Å². The number of anilines is 1. The number of fused-ring (bicyclic) bond motifs is 1. The number of carbonyl (C=O) groups is 1. The third kappa shape index (κ3) is 2.36. The third-order valence-corrected chi connectivity index (χ3v) is 3.04. The topological polar surface area (TPSA) is 54.9 Å². The van der Waals surface area contributed by atoms with E-state index in [2.05, 4.69) is 15.3 Å². The van der Waals surface area contributed by atoms with Gasteiger partial charge in [-0.1, -0.05) is 17.7 Å². The first kappa shape index (κ1) is 12.3. The first-order valence-corrected chi connectivity index (χ1v) is 6.32. The number of hydrogen-bond acceptors (Lipinski definition) is 3. The zero-order valence-corrected chi connectivity index (χ0v) is 11.0. The van der Waals surface area contributed by atoms with Gasteiger partial charge in [0.15, 0.2) is 0 Å². The molecule has 1 aromatic carbocycles. The van der Waals surface area contributed by atoms with E-state index in [0.29, 0.717) is 5.69 Å². The number of aryl methyl sites for hydroxylation is 1. The molecule has 0 saturated carbocycles. The van der Waals surface area contributed by atoms with Crippen LogP contribution in [0.2, 0.25) is 0 Å². The Morgan fingerprint density at radius 1 is 1.05 bits per heavy atom. The van der Waals surface area contributed by atoms with Gasteiger partial charge in [0.1, 0.15) is 5.69 Å². The van der Waals surface area contributed by atoms with E-state index in [4.69, 9.17) is 0 Å². The molecule has 0 bridgehead atoms. The Morgan fingerprint density at radius 2 is 1.95 bits per heavy atom. The largest absolute Gasteiger partial charge is 0.320 e. The second-order valence-corrected chi connectivity index (χ2v) is 4.55. The zero-order chi connectivity index (χ0) is 13.9. The van der Waals surface area contributed by atoms with Crippen molar-refractivity contribution >= 4 is 22.5 Å². The van der Waals surface area contributed by atoms with E-state index in [0.717, 1.165) is 22.2 Å². The zero-order valence-electron chi connectivity index (χ0n) is 11.0. The molecule has 2 aromatic heterocycles. The quantitative estimate of drug-likeness (QED) is 0.772. The van der Waals surface area contributed by atoms with E-state index < -0.39 is 0 Å². The molecule has 1 N–H and O–H groups in total. The highest BCUT2D eigenvalue weighted by atomic mass is 16.1. The highest BCUT2D eigenvalue weighted by Gasteiger charge is 2.09. The van der Waals surface area contributed by atoms with E-state index in [1.807, 2.05) is 25.1 Å². The first-order chi connectivity index (χ1) is 9.74. The summed E-state index contributed by atoms with van der Waals surface area (Å²) in [5.74, 6) is -0.223. The van der Waals surface area contributed by atoms with Crippen LogP contribution in [0.3, 0.4) is 0 Å². The molecule has 0 atom stereocenters. The molecule has 0 aliphatic rings. The summed E-state index contributed by atoms with van der Waals surface area (Å²) < 4.78 is 0. The van der Waals surface area contributed by atoms with Gasteiger partial charge >= 0.3 is 0 Å². The predicted molar refractivity (Wildman–Crippen MR) is 78.7 cm³/mol. The Bertz CT molecular complexity index is 769. The van der Waals surface area contributed by atoms with Gasteiger partial charge in [-0.15, -0.1) is 0 Å². The van der Waals surface area contributed by atoms with E-state index >= 15 is 0 Å². The lowest BCUT2D eigenvalue weighted by Crippen LogP contribution is -2.13. The van der Waals surface area contributed by atoms with Crippen molar-refractivity contribution in [2.24, 2.45) is 0 Å². The van der Waals surface area contributed by atoms with Crippen molar-refractivity contribution in [1.82, 2.24) is 9.97 Å². The fourth-order valence-electron chi connectivity index (χ4n) is 2.05. The van der Waals surface area contributed by atoms with Crippen LogP contribution in [0.25, 0.3) is 10.9 Å². The number of hydrogen-bond donors (Lipinski definition) is 1. The molecule has 0 unspecified atom stereocenters. The maximum absolute atomic E-state index is 12.1. The lowest BCUT2D eigenvalue weighted by atomic mass is 10.1. The maximum Gasteiger partial charge on any atom is 0.274 e. The first-order valence-electron chi connectivity index (χ1n) is 6.32. The summed E-state index contributed by atoms with van der Waals surface area (Å²) in [6, 6.07) is 13.0. The summed E-state index contributed by atoms with van der Waals surface area (Å²) in [6.07, 6.45) is 3.29. The summed E-state index contributed by atoms with van der Waals surface area (Å²) in [5, 5.41) is 3.81. The number of amides is 1. The highest BCUT2D eigenvalue weighted by molar-refractivity contribution is 6.07. The second kappa shape index (κ2) is 5.09. The van der Waals surface area contributed by atoms with Crippen LogP contribution in [-0.2, 0) is 0 Å². The van der Waals surface area contributed by atoms with Crippen molar-refractivity contribution < 1.29 is 4.79 Å². The number of nitrogens with one attached hydrogen (secondary N) is 1. The van der Waals surface area contributed by atoms with Crippen molar-refractivity contribution in [1.29, 1.82) is 0 Å². The third-order valence-electron chi connectivity index (χ3n) is 3.04. The maximum atomic E-state index is 12.1. The fourth-order valence-corrected chi connectivity index (χ4v) is 2.05. The summed E-state index contributed by atoms with van der Waals surface area (Å²) in [4.78, 5) is 20.5. The highest BCUT2D eigenvalue weighted by Crippen LogP contribution is 2.22. The lowest BCUT2D eigenvalue weighted by Gasteiger charge is -2.08. The SMILES string of the molecule is Cc1ccc2nccc(NC(=O)c3ccccn3)c2c1. The van der Waals surface area contributed by atoms with Gasteiger partial charge in [0.25, 0.3) is 5.91 Å². The number of rotatable bonds is 2. The molecule has 4 nitrogen and oxygen atoms in total. The van der Waals surface area contributed by atoms with Crippen LogP contribution >= 0.6 is 0 Å². The van der Waals surface area contributed by atoms with Crippen molar-refractivity contribution in [3.8, 4) is 0 Å². The van der Waals surface area contributed by atoms with E-state index in [1.165, 1.54) is 0 Å². The fraction of sp³-hybridized carbons (Fsp3) is 0.0625. The molecule has 0 radical (unpaired) electrons. The summed E-state index contributed by atoms with van der Waals surface area (Å²) in [5.41, 5.74) is 3.12. The van der Waals surface area contributed by atoms with Gasteiger partial charge in [0.2, 0.25) is 0 Å². The van der Waals surface area contributed by atoms with Gasteiger partial charge in [-0.05, 0) is 37.3 Å². The van der Waals surface area contributed by atoms with Crippen molar-refractivity contribution in [2.75, 3.05) is 5.32 Å². The summed E-state index contributed by atoms with van der Waals surface area (Å²) in [6.45, 7) is 2.01. The molecule has 3 aromatic rings. The standard InChI is InChI=1S/C16H13N3O/c1-11-5-6-13-12(10-11)14(7-9-18-13)19-16(20)15-4-2-3-8-17-15/h2-10H,1H3,(H,18,19,20).